The van der Waals surface area contributed by atoms with Gasteiger partial charge in [-0.25, -0.2) is 4.79 Å². The van der Waals surface area contributed by atoms with Gasteiger partial charge in [-0.3, -0.25) is 4.79 Å². The molecule has 0 aliphatic rings. The highest BCUT2D eigenvalue weighted by Gasteiger charge is 2.15. The van der Waals surface area contributed by atoms with Crippen molar-refractivity contribution in [1.82, 2.24) is 10.6 Å². The second-order valence-electron chi connectivity index (χ2n) is 6.57. The Morgan fingerprint density at radius 2 is 1.76 bits per heavy atom. The van der Waals surface area contributed by atoms with Crippen molar-refractivity contribution >= 4 is 17.7 Å². The molecule has 7 nitrogen and oxygen atoms in total. The van der Waals surface area contributed by atoms with Gasteiger partial charge in [-0.1, -0.05) is 6.92 Å². The van der Waals surface area contributed by atoms with E-state index in [1.54, 1.807) is 32.9 Å². The van der Waals surface area contributed by atoms with Crippen LogP contribution in [0.4, 0.5) is 10.5 Å². The number of anilines is 1. The summed E-state index contributed by atoms with van der Waals surface area (Å²) in [6, 6.07) is 5.26. The van der Waals surface area contributed by atoms with E-state index in [0.29, 0.717) is 37.6 Å². The number of alkyl carbamates (subject to hydrolysis) is 1. The van der Waals surface area contributed by atoms with E-state index in [2.05, 4.69) is 10.6 Å². The van der Waals surface area contributed by atoms with Crippen LogP contribution in [0.3, 0.4) is 0 Å². The minimum Gasteiger partial charge on any atom is -0.444 e. The molecule has 140 valence electrons. The lowest BCUT2D eigenvalue weighted by atomic mass is 10.0. The maximum Gasteiger partial charge on any atom is 0.407 e. The summed E-state index contributed by atoms with van der Waals surface area (Å²) in [5, 5.41) is 5.41. The summed E-state index contributed by atoms with van der Waals surface area (Å²) < 4.78 is 10.5. The Bertz CT molecular complexity index is 582. The lowest BCUT2D eigenvalue weighted by molar-refractivity contribution is 0.0500. The zero-order valence-electron chi connectivity index (χ0n) is 15.5. The van der Waals surface area contributed by atoms with Crippen molar-refractivity contribution in [1.29, 1.82) is 0 Å². The lowest BCUT2D eigenvalue weighted by Gasteiger charge is -2.19. The van der Waals surface area contributed by atoms with Crippen molar-refractivity contribution in [2.75, 3.05) is 32.0 Å². The second-order valence-corrected chi connectivity index (χ2v) is 6.57. The smallest absolute Gasteiger partial charge is 0.407 e. The van der Waals surface area contributed by atoms with Crippen molar-refractivity contribution in [3.8, 4) is 0 Å². The van der Waals surface area contributed by atoms with Crippen molar-refractivity contribution in [2.45, 2.75) is 39.7 Å². The molecule has 0 spiro atoms. The Hall–Kier alpha value is -2.28. The van der Waals surface area contributed by atoms with Gasteiger partial charge >= 0.3 is 6.09 Å². The number of benzene rings is 1. The Labute approximate surface area is 149 Å². The number of carbonyl (C=O) groups is 2. The van der Waals surface area contributed by atoms with E-state index in [1.807, 2.05) is 13.0 Å². The van der Waals surface area contributed by atoms with Crippen LogP contribution < -0.4 is 16.4 Å². The molecule has 0 saturated heterocycles. The van der Waals surface area contributed by atoms with E-state index in [4.69, 9.17) is 15.2 Å². The molecule has 1 rings (SSSR count). The maximum absolute atomic E-state index is 12.2. The summed E-state index contributed by atoms with van der Waals surface area (Å²) in [4.78, 5) is 23.6. The van der Waals surface area contributed by atoms with Gasteiger partial charge < -0.3 is 25.8 Å². The molecule has 0 radical (unpaired) electrons. The highest BCUT2D eigenvalue weighted by molar-refractivity contribution is 5.96. The number of hydrogen-bond acceptors (Lipinski definition) is 5. The van der Waals surface area contributed by atoms with Gasteiger partial charge in [0, 0.05) is 24.3 Å². The molecule has 25 heavy (non-hydrogen) atoms. The van der Waals surface area contributed by atoms with Crippen LogP contribution in [-0.2, 0) is 15.9 Å². The van der Waals surface area contributed by atoms with Crippen LogP contribution >= 0.6 is 0 Å². The third-order valence-electron chi connectivity index (χ3n) is 3.20. The highest BCUT2D eigenvalue weighted by Crippen LogP contribution is 2.14. The summed E-state index contributed by atoms with van der Waals surface area (Å²) in [5.74, 6) is -0.146. The van der Waals surface area contributed by atoms with Crippen LogP contribution in [0.25, 0.3) is 0 Å². The van der Waals surface area contributed by atoms with Crippen LogP contribution in [0, 0.1) is 0 Å². The van der Waals surface area contributed by atoms with Gasteiger partial charge in [0.25, 0.3) is 5.91 Å². The fourth-order valence-corrected chi connectivity index (χ4v) is 2.10. The van der Waals surface area contributed by atoms with Gasteiger partial charge in [0.05, 0.1) is 13.2 Å². The average Bonchev–Trinajstić information content (AvgIpc) is 2.51. The molecule has 0 aliphatic carbocycles. The van der Waals surface area contributed by atoms with Crippen molar-refractivity contribution in [2.24, 2.45) is 0 Å². The number of nitrogen functional groups attached to an aromatic ring is 1. The zero-order valence-corrected chi connectivity index (χ0v) is 15.5. The Kier molecular flexibility index (Phi) is 8.21. The Morgan fingerprint density at radius 1 is 1.12 bits per heavy atom. The number of carbonyl (C=O) groups excluding carboxylic acids is 2. The van der Waals surface area contributed by atoms with Crippen LogP contribution in [0.1, 0.15) is 43.6 Å². The van der Waals surface area contributed by atoms with Gasteiger partial charge in [-0.2, -0.15) is 0 Å². The number of rotatable bonds is 8. The molecular weight excluding hydrogens is 322 g/mol. The van der Waals surface area contributed by atoms with Crippen LogP contribution in [0.5, 0.6) is 0 Å². The second kappa shape index (κ2) is 9.88. The SMILES string of the molecule is CCc1cc(N)ccc1C(=O)NCCOCCNC(=O)OC(C)(C)C. The molecule has 1 aromatic rings. The minimum atomic E-state index is -0.519. The molecule has 0 aromatic heterocycles. The third-order valence-corrected chi connectivity index (χ3v) is 3.20. The van der Waals surface area contributed by atoms with Crippen LogP contribution in [0.2, 0.25) is 0 Å². The van der Waals surface area contributed by atoms with Gasteiger partial charge in [-0.15, -0.1) is 0 Å². The van der Waals surface area contributed by atoms with Crippen molar-refractivity contribution in [3.63, 3.8) is 0 Å². The standard InChI is InChI=1S/C18H29N3O4/c1-5-13-12-14(19)6-7-15(13)16(22)20-8-10-24-11-9-21-17(23)25-18(2,3)4/h6-7,12H,5,8-11,19H2,1-4H3,(H,20,22)(H,21,23). The molecule has 0 heterocycles. The molecule has 0 fully saturated rings. The first-order valence-corrected chi connectivity index (χ1v) is 8.44. The monoisotopic (exact) mass is 351 g/mol. The molecule has 0 aliphatic heterocycles. The molecule has 0 saturated carbocycles. The number of aryl methyl sites for hydroxylation is 1. The fraction of sp³-hybridized carbons (Fsp3) is 0.556. The first-order valence-electron chi connectivity index (χ1n) is 8.44. The van der Waals surface area contributed by atoms with E-state index in [-0.39, 0.29) is 5.91 Å². The molecule has 0 unspecified atom stereocenters. The molecule has 4 N–H and O–H groups in total. The average molecular weight is 351 g/mol. The largest absolute Gasteiger partial charge is 0.444 e. The van der Waals surface area contributed by atoms with E-state index in [0.717, 1.165) is 12.0 Å². The summed E-state index contributed by atoms with van der Waals surface area (Å²) in [6.07, 6.45) is 0.264. The molecule has 1 aromatic carbocycles. The number of nitrogens with one attached hydrogen (secondary N) is 2. The molecular formula is C18H29N3O4. The topological polar surface area (TPSA) is 103 Å². The first kappa shape index (κ1) is 20.8. The zero-order chi connectivity index (χ0) is 18.9. The normalized spacial score (nSPS) is 11.0. The number of nitrogens with two attached hydrogens (primary N) is 1. The van der Waals surface area contributed by atoms with Gasteiger partial charge in [0.1, 0.15) is 5.60 Å². The lowest BCUT2D eigenvalue weighted by Crippen LogP contribution is -2.34. The third kappa shape index (κ3) is 8.39. The van der Waals surface area contributed by atoms with E-state index in [1.165, 1.54) is 0 Å². The van der Waals surface area contributed by atoms with Crippen LogP contribution in [0.15, 0.2) is 18.2 Å². The maximum atomic E-state index is 12.2. The van der Waals surface area contributed by atoms with E-state index < -0.39 is 11.7 Å². The Morgan fingerprint density at radius 3 is 2.36 bits per heavy atom. The van der Waals surface area contributed by atoms with E-state index >= 15 is 0 Å². The molecule has 2 amide bonds. The number of hydrogen-bond donors (Lipinski definition) is 3. The summed E-state index contributed by atoms with van der Waals surface area (Å²) in [5.41, 5.74) is 7.41. The first-order chi connectivity index (χ1) is 11.7. The van der Waals surface area contributed by atoms with Crippen molar-refractivity contribution < 1.29 is 19.1 Å². The van der Waals surface area contributed by atoms with Gasteiger partial charge in [0.15, 0.2) is 0 Å². The fourth-order valence-electron chi connectivity index (χ4n) is 2.10. The van der Waals surface area contributed by atoms with Gasteiger partial charge in [-0.05, 0) is 51.0 Å². The predicted molar refractivity (Wildman–Crippen MR) is 97.6 cm³/mol. The Balaban J connectivity index is 2.20. The minimum absolute atomic E-state index is 0.146. The highest BCUT2D eigenvalue weighted by atomic mass is 16.6. The number of ether oxygens (including phenoxy) is 2. The molecule has 7 heteroatoms. The van der Waals surface area contributed by atoms with Gasteiger partial charge in [0.2, 0.25) is 0 Å². The summed E-state index contributed by atoms with van der Waals surface area (Å²) in [7, 11) is 0. The van der Waals surface area contributed by atoms with Crippen molar-refractivity contribution in [3.05, 3.63) is 29.3 Å². The number of amides is 2. The van der Waals surface area contributed by atoms with Crippen LogP contribution in [-0.4, -0.2) is 43.9 Å². The van der Waals surface area contributed by atoms with E-state index in [9.17, 15) is 9.59 Å². The summed E-state index contributed by atoms with van der Waals surface area (Å²) >= 11 is 0. The molecule has 0 bridgehead atoms. The predicted octanol–water partition coefficient (Wildman–Crippen LogP) is 2.10. The quantitative estimate of drug-likeness (QED) is 0.492. The summed E-state index contributed by atoms with van der Waals surface area (Å²) in [6.45, 7) is 8.83. The molecule has 0 atom stereocenters.